The number of Topliss-reactive ketones (excluding diaryl/α,β-unsaturated/α-hetero) is 1. The Labute approximate surface area is 397 Å². The molecule has 3 aliphatic heterocycles. The first-order valence-corrected chi connectivity index (χ1v) is 22.9. The van der Waals surface area contributed by atoms with E-state index in [0.29, 0.717) is 25.8 Å². The maximum absolute atomic E-state index is 14.1. The molecule has 3 rings (SSSR count). The maximum atomic E-state index is 14.1. The van der Waals surface area contributed by atoms with Crippen molar-refractivity contribution in [2.45, 2.75) is 150 Å². The second-order valence-corrected chi connectivity index (χ2v) is 16.9. The summed E-state index contributed by atoms with van der Waals surface area (Å²) in [6.45, 7) is -4.14. The van der Waals surface area contributed by atoms with Gasteiger partial charge in [0.05, 0.1) is 45.7 Å². The largest absolute Gasteiger partial charge is 0.394 e. The SMILES string of the molecule is CC(=O)[C@H](CCCCN)NC(=O)CCCCC(=O)N(CC(=O)NCCO[C@H]1O[C@H](CO)[C@@H](O)[C@H](O)[C@@H]1O)CC(=O)N(CCOC1O[C@H](CO)[C@@H](O)[C@H](O)[C@@H]1O)CCOC1O[C@H](CO)[C@@H](O)[C@H](O)[C@@H]1O. The molecule has 16 atom stereocenters. The molecule has 0 spiro atoms. The molecular weight excluding hydrogens is 930 g/mol. The van der Waals surface area contributed by atoms with E-state index < -0.39 is 168 Å². The summed E-state index contributed by atoms with van der Waals surface area (Å²) in [6.07, 6.45) is -22.5. The molecule has 0 aromatic rings. The molecule has 0 aliphatic carbocycles. The van der Waals surface area contributed by atoms with Crippen LogP contribution in [0.4, 0.5) is 0 Å². The highest BCUT2D eigenvalue weighted by Gasteiger charge is 2.46. The number of hydrogen-bond donors (Lipinski definition) is 15. The van der Waals surface area contributed by atoms with E-state index in [0.717, 1.165) is 9.80 Å². The molecule has 0 aromatic heterocycles. The monoisotopic (exact) mass is 1000 g/mol. The minimum atomic E-state index is -1.79. The Kier molecular flexibility index (Phi) is 26.7. The Hall–Kier alpha value is -3.21. The number of rotatable bonds is 30. The molecule has 16 N–H and O–H groups in total. The molecule has 3 saturated heterocycles. The van der Waals surface area contributed by atoms with Crippen LogP contribution in [-0.2, 0) is 52.4 Å². The molecule has 0 bridgehead atoms. The van der Waals surface area contributed by atoms with E-state index in [9.17, 15) is 85.3 Å². The fourth-order valence-electron chi connectivity index (χ4n) is 7.48. The summed E-state index contributed by atoms with van der Waals surface area (Å²) in [6, 6.07) is -0.707. The van der Waals surface area contributed by atoms with Crippen LogP contribution < -0.4 is 16.4 Å². The van der Waals surface area contributed by atoms with Gasteiger partial charge in [0, 0.05) is 32.5 Å². The van der Waals surface area contributed by atoms with Gasteiger partial charge >= 0.3 is 0 Å². The van der Waals surface area contributed by atoms with E-state index in [-0.39, 0.29) is 57.7 Å². The highest BCUT2D eigenvalue weighted by molar-refractivity contribution is 5.89. The molecule has 3 aliphatic rings. The average molecular weight is 1000 g/mol. The van der Waals surface area contributed by atoms with Crippen molar-refractivity contribution in [3.8, 4) is 0 Å². The van der Waals surface area contributed by atoms with Crippen LogP contribution in [0.2, 0.25) is 0 Å². The summed E-state index contributed by atoms with van der Waals surface area (Å²) in [7, 11) is 0. The van der Waals surface area contributed by atoms with Crippen LogP contribution in [-0.4, -0.2) is 278 Å². The zero-order chi connectivity index (χ0) is 51.4. The number of aliphatic hydroxyl groups excluding tert-OH is 12. The number of nitrogens with zero attached hydrogens (tertiary/aromatic N) is 2. The Balaban J connectivity index is 1.74. The predicted octanol–water partition coefficient (Wildman–Crippen LogP) is -9.03. The molecule has 2 unspecified atom stereocenters. The lowest BCUT2D eigenvalue weighted by molar-refractivity contribution is -0.303. The Morgan fingerprint density at radius 2 is 1.00 bits per heavy atom. The van der Waals surface area contributed by atoms with Crippen molar-refractivity contribution in [1.29, 1.82) is 0 Å². The van der Waals surface area contributed by atoms with Crippen molar-refractivity contribution in [3.05, 3.63) is 0 Å². The smallest absolute Gasteiger partial charge is 0.242 e. The number of nitrogens with one attached hydrogen (secondary N) is 2. The zero-order valence-electron chi connectivity index (χ0n) is 38.5. The lowest BCUT2D eigenvalue weighted by Gasteiger charge is -2.40. The summed E-state index contributed by atoms with van der Waals surface area (Å²) in [5.41, 5.74) is 5.53. The van der Waals surface area contributed by atoms with Gasteiger partial charge in [-0.3, -0.25) is 24.0 Å². The summed E-state index contributed by atoms with van der Waals surface area (Å²) >= 11 is 0. The van der Waals surface area contributed by atoms with Crippen molar-refractivity contribution in [1.82, 2.24) is 20.4 Å². The van der Waals surface area contributed by atoms with Crippen LogP contribution in [0.15, 0.2) is 0 Å². The number of amides is 4. The van der Waals surface area contributed by atoms with Gasteiger partial charge in [0.2, 0.25) is 23.6 Å². The highest BCUT2D eigenvalue weighted by atomic mass is 16.7. The van der Waals surface area contributed by atoms with Crippen LogP contribution in [0, 0.1) is 0 Å². The summed E-state index contributed by atoms with van der Waals surface area (Å²) < 4.78 is 32.5. The predicted molar refractivity (Wildman–Crippen MR) is 229 cm³/mol. The van der Waals surface area contributed by atoms with E-state index in [1.165, 1.54) is 6.92 Å². The Morgan fingerprint density at radius 1 is 0.551 bits per heavy atom. The van der Waals surface area contributed by atoms with E-state index in [2.05, 4.69) is 10.6 Å². The molecule has 4 amide bonds. The standard InChI is InChI=1S/C41H73N5O23/c1-21(50)22(6-4-5-9-42)44-26(51)7-2-3-8-28(53)46(16-27(52)43-10-13-64-39-36(61)33(58)30(55)23(18-47)67-39)17-29(54)45(11-14-65-40-37(62)34(59)31(56)24(19-48)68-40)12-15-66-41-38(63)35(60)32(57)25(20-49)69-41/h22-25,30-41,47-49,55-63H,2-20,42H2,1H3,(H,43,52)(H,44,51)/t22-,23+,24+,25+,30+,31+,32+,33-,34-,35-,36-,37-,38-,39-,40?,41?/m0/s1. The average Bonchev–Trinajstić information content (AvgIpc) is 3.32. The number of ether oxygens (including phenoxy) is 6. The van der Waals surface area contributed by atoms with Crippen molar-refractivity contribution >= 4 is 29.4 Å². The van der Waals surface area contributed by atoms with E-state index >= 15 is 0 Å². The topological polar surface area (TPSA) is 440 Å². The fraction of sp³-hybridized carbons (Fsp3) is 0.878. The number of carbonyl (C=O) groups is 5. The van der Waals surface area contributed by atoms with Crippen LogP contribution in [0.3, 0.4) is 0 Å². The number of carbonyl (C=O) groups excluding carboxylic acids is 5. The van der Waals surface area contributed by atoms with Gasteiger partial charge in [0.1, 0.15) is 86.3 Å². The highest BCUT2D eigenvalue weighted by Crippen LogP contribution is 2.24. The van der Waals surface area contributed by atoms with Crippen molar-refractivity contribution in [2.24, 2.45) is 5.73 Å². The summed E-state index contributed by atoms with van der Waals surface area (Å²) in [5.74, 6) is -3.01. The van der Waals surface area contributed by atoms with Gasteiger partial charge in [-0.15, -0.1) is 0 Å². The molecule has 0 radical (unpaired) electrons. The van der Waals surface area contributed by atoms with Crippen molar-refractivity contribution in [3.63, 3.8) is 0 Å². The normalized spacial score (nSPS) is 31.9. The molecule has 69 heavy (non-hydrogen) atoms. The van der Waals surface area contributed by atoms with Gasteiger partial charge in [0.25, 0.3) is 0 Å². The Bertz CT molecular complexity index is 1530. The lowest BCUT2D eigenvalue weighted by atomic mass is 9.99. The number of aliphatic hydroxyl groups is 12. The quantitative estimate of drug-likeness (QED) is 0.0297. The lowest BCUT2D eigenvalue weighted by Crippen LogP contribution is -2.59. The van der Waals surface area contributed by atoms with Gasteiger partial charge in [0.15, 0.2) is 24.7 Å². The molecule has 400 valence electrons. The zero-order valence-corrected chi connectivity index (χ0v) is 38.5. The van der Waals surface area contributed by atoms with Crippen molar-refractivity contribution < 1.29 is 114 Å². The van der Waals surface area contributed by atoms with Gasteiger partial charge in [-0.1, -0.05) is 0 Å². The molecule has 0 aromatic carbocycles. The molecule has 3 heterocycles. The van der Waals surface area contributed by atoms with Gasteiger partial charge in [-0.2, -0.15) is 0 Å². The van der Waals surface area contributed by atoms with Gasteiger partial charge < -0.3 is 116 Å². The fourth-order valence-corrected chi connectivity index (χ4v) is 7.48. The van der Waals surface area contributed by atoms with E-state index in [4.69, 9.17) is 34.2 Å². The minimum Gasteiger partial charge on any atom is -0.394 e. The van der Waals surface area contributed by atoms with E-state index in [1.807, 2.05) is 0 Å². The number of unbranched alkanes of at least 4 members (excludes halogenated alkanes) is 2. The summed E-state index contributed by atoms with van der Waals surface area (Å²) in [5, 5.41) is 126. The Morgan fingerprint density at radius 3 is 1.43 bits per heavy atom. The second kappa shape index (κ2) is 30.6. The first-order valence-electron chi connectivity index (χ1n) is 22.9. The third kappa shape index (κ3) is 18.4. The molecular formula is C41H73N5O23. The first kappa shape index (κ1) is 60.1. The van der Waals surface area contributed by atoms with Crippen LogP contribution >= 0.6 is 0 Å². The third-order valence-corrected chi connectivity index (χ3v) is 11.7. The van der Waals surface area contributed by atoms with Crippen molar-refractivity contribution in [2.75, 3.05) is 78.9 Å². The van der Waals surface area contributed by atoms with Crippen LogP contribution in [0.25, 0.3) is 0 Å². The minimum absolute atomic E-state index is 0.0571. The summed E-state index contributed by atoms with van der Waals surface area (Å²) in [4.78, 5) is 67.8. The molecule has 28 nitrogen and oxygen atoms in total. The maximum Gasteiger partial charge on any atom is 0.242 e. The number of ketones is 1. The second-order valence-electron chi connectivity index (χ2n) is 16.9. The number of hydrogen-bond acceptors (Lipinski definition) is 24. The molecule has 3 fully saturated rings. The molecule has 0 saturated carbocycles. The number of nitrogens with two attached hydrogens (primary N) is 1. The van der Waals surface area contributed by atoms with Crippen LogP contribution in [0.5, 0.6) is 0 Å². The third-order valence-electron chi connectivity index (χ3n) is 11.7. The van der Waals surface area contributed by atoms with Gasteiger partial charge in [-0.05, 0) is 45.6 Å². The van der Waals surface area contributed by atoms with Crippen LogP contribution in [0.1, 0.15) is 51.9 Å². The van der Waals surface area contributed by atoms with Gasteiger partial charge in [-0.25, -0.2) is 0 Å². The first-order chi connectivity index (χ1) is 32.8. The molecule has 28 heteroatoms. The van der Waals surface area contributed by atoms with E-state index in [1.54, 1.807) is 0 Å².